The van der Waals surface area contributed by atoms with Crippen molar-refractivity contribution in [2.24, 2.45) is 5.92 Å². The predicted molar refractivity (Wildman–Crippen MR) is 73.3 cm³/mol. The first-order valence-electron chi connectivity index (χ1n) is 7.10. The molecule has 3 atom stereocenters. The zero-order valence-corrected chi connectivity index (χ0v) is 12.6. The van der Waals surface area contributed by atoms with E-state index < -0.39 is 5.60 Å². The van der Waals surface area contributed by atoms with Crippen molar-refractivity contribution in [1.29, 1.82) is 0 Å². The maximum Gasteiger partial charge on any atom is 0.410 e. The van der Waals surface area contributed by atoms with E-state index in [-0.39, 0.29) is 30.1 Å². The third kappa shape index (κ3) is 3.62. The first kappa shape index (κ1) is 15.1. The molecule has 0 aromatic carbocycles. The Morgan fingerprint density at radius 2 is 1.70 bits per heavy atom. The molecule has 0 aromatic heterocycles. The van der Waals surface area contributed by atoms with Crippen molar-refractivity contribution in [2.45, 2.75) is 51.3 Å². The van der Waals surface area contributed by atoms with Crippen LogP contribution in [0.15, 0.2) is 0 Å². The number of esters is 1. The third-order valence-electron chi connectivity index (χ3n) is 3.68. The molecule has 2 aliphatic rings. The molecule has 2 aliphatic heterocycles. The van der Waals surface area contributed by atoms with Gasteiger partial charge in [-0.3, -0.25) is 4.79 Å². The van der Waals surface area contributed by atoms with E-state index in [4.69, 9.17) is 9.47 Å². The van der Waals surface area contributed by atoms with Crippen molar-refractivity contribution < 1.29 is 19.1 Å². The van der Waals surface area contributed by atoms with Gasteiger partial charge < -0.3 is 19.7 Å². The molecule has 1 N–H and O–H groups in total. The lowest BCUT2D eigenvalue weighted by molar-refractivity contribution is -0.147. The fraction of sp³-hybridized carbons (Fsp3) is 0.857. The van der Waals surface area contributed by atoms with E-state index in [2.05, 4.69) is 5.32 Å². The van der Waals surface area contributed by atoms with Crippen LogP contribution in [0, 0.1) is 5.92 Å². The normalized spacial score (nSPS) is 29.8. The summed E-state index contributed by atoms with van der Waals surface area (Å²) < 4.78 is 10.2. The Balaban J connectivity index is 1.95. The number of nitrogens with zero attached hydrogens (tertiary/aromatic N) is 1. The van der Waals surface area contributed by atoms with E-state index in [1.807, 2.05) is 20.8 Å². The minimum atomic E-state index is -0.481. The molecule has 20 heavy (non-hydrogen) atoms. The molecule has 2 rings (SSSR count). The highest BCUT2D eigenvalue weighted by atomic mass is 16.6. The number of hydrogen-bond donors (Lipinski definition) is 1. The van der Waals surface area contributed by atoms with Gasteiger partial charge in [0, 0.05) is 25.2 Å². The number of fused-ring (bicyclic) bond motifs is 2. The van der Waals surface area contributed by atoms with Crippen LogP contribution in [-0.2, 0) is 14.3 Å². The maximum atomic E-state index is 12.1. The molecule has 0 radical (unpaired) electrons. The molecule has 2 bridgehead atoms. The summed E-state index contributed by atoms with van der Waals surface area (Å²) in [6, 6.07) is 0.276. The molecule has 6 heteroatoms. The summed E-state index contributed by atoms with van der Waals surface area (Å²) in [7, 11) is 1.42. The van der Waals surface area contributed by atoms with E-state index in [1.165, 1.54) is 7.11 Å². The molecule has 0 aliphatic carbocycles. The molecule has 0 aromatic rings. The van der Waals surface area contributed by atoms with E-state index in [0.29, 0.717) is 25.9 Å². The van der Waals surface area contributed by atoms with E-state index in [1.54, 1.807) is 4.90 Å². The van der Waals surface area contributed by atoms with E-state index in [0.717, 1.165) is 0 Å². The van der Waals surface area contributed by atoms with Crippen LogP contribution in [0.5, 0.6) is 0 Å². The predicted octanol–water partition coefficient (Wildman–Crippen LogP) is 1.15. The summed E-state index contributed by atoms with van der Waals surface area (Å²) in [5.41, 5.74) is -0.481. The molecule has 2 fully saturated rings. The van der Waals surface area contributed by atoms with Gasteiger partial charge in [-0.1, -0.05) is 0 Å². The highest BCUT2D eigenvalue weighted by Crippen LogP contribution is 2.26. The van der Waals surface area contributed by atoms with Crippen LogP contribution < -0.4 is 5.32 Å². The Morgan fingerprint density at radius 1 is 1.15 bits per heavy atom. The topological polar surface area (TPSA) is 67.9 Å². The van der Waals surface area contributed by atoms with Gasteiger partial charge in [-0.05, 0) is 33.6 Å². The fourth-order valence-electron chi connectivity index (χ4n) is 2.95. The van der Waals surface area contributed by atoms with Gasteiger partial charge in [-0.25, -0.2) is 4.79 Å². The second kappa shape index (κ2) is 5.60. The van der Waals surface area contributed by atoms with Gasteiger partial charge in [0.25, 0.3) is 0 Å². The summed E-state index contributed by atoms with van der Waals surface area (Å²) in [5.74, 6) is -0.204. The summed E-state index contributed by atoms with van der Waals surface area (Å²) in [4.78, 5) is 25.5. The molecule has 114 valence electrons. The van der Waals surface area contributed by atoms with Gasteiger partial charge in [0.15, 0.2) is 0 Å². The monoisotopic (exact) mass is 284 g/mol. The van der Waals surface area contributed by atoms with Crippen LogP contribution in [0.2, 0.25) is 0 Å². The number of piperazine rings is 1. The lowest BCUT2D eigenvalue weighted by atomic mass is 9.85. The van der Waals surface area contributed by atoms with E-state index in [9.17, 15) is 9.59 Å². The van der Waals surface area contributed by atoms with Gasteiger partial charge in [0.05, 0.1) is 13.0 Å². The van der Waals surface area contributed by atoms with Gasteiger partial charge in [0.1, 0.15) is 5.60 Å². The number of nitrogens with one attached hydrogen (secondary N) is 1. The molecule has 1 unspecified atom stereocenters. The Morgan fingerprint density at radius 3 is 2.15 bits per heavy atom. The standard InChI is InChI=1S/C14H24N2O4/c1-14(2,3)20-13(18)16-7-10-5-9(12(17)19-4)6-11(8-16)15-10/h9-11,15H,5-8H2,1-4H3/t9?,10-,11+. The van der Waals surface area contributed by atoms with Gasteiger partial charge in [-0.2, -0.15) is 0 Å². The Hall–Kier alpha value is -1.30. The summed E-state index contributed by atoms with van der Waals surface area (Å²) >= 11 is 0. The van der Waals surface area contributed by atoms with Crippen molar-refractivity contribution in [2.75, 3.05) is 20.2 Å². The second-order valence-electron chi connectivity index (χ2n) is 6.64. The fourth-order valence-corrected chi connectivity index (χ4v) is 2.95. The smallest absolute Gasteiger partial charge is 0.410 e. The minimum Gasteiger partial charge on any atom is -0.469 e. The zero-order chi connectivity index (χ0) is 14.9. The number of carbonyl (C=O) groups is 2. The molecule has 0 spiro atoms. The van der Waals surface area contributed by atoms with Crippen molar-refractivity contribution >= 4 is 12.1 Å². The molecule has 6 nitrogen and oxygen atoms in total. The van der Waals surface area contributed by atoms with E-state index >= 15 is 0 Å². The van der Waals surface area contributed by atoms with Crippen LogP contribution in [0.1, 0.15) is 33.6 Å². The highest BCUT2D eigenvalue weighted by molar-refractivity contribution is 5.73. The molecule has 2 saturated heterocycles. The maximum absolute atomic E-state index is 12.1. The lowest BCUT2D eigenvalue weighted by Gasteiger charge is -2.44. The summed E-state index contributed by atoms with van der Waals surface area (Å²) in [6.45, 7) is 6.75. The summed E-state index contributed by atoms with van der Waals surface area (Å²) in [5, 5.41) is 3.45. The van der Waals surface area contributed by atoms with Crippen molar-refractivity contribution in [3.8, 4) is 0 Å². The SMILES string of the molecule is COC(=O)C1C[C@@H]2CN(C(=O)OC(C)(C)C)C[C@H](C1)N2. The highest BCUT2D eigenvalue weighted by Gasteiger charge is 2.40. The minimum absolute atomic E-state index is 0.0583. The molecular weight excluding hydrogens is 260 g/mol. The van der Waals surface area contributed by atoms with Gasteiger partial charge in [-0.15, -0.1) is 0 Å². The van der Waals surface area contributed by atoms with Crippen molar-refractivity contribution in [1.82, 2.24) is 10.2 Å². The van der Waals surface area contributed by atoms with Crippen molar-refractivity contribution in [3.05, 3.63) is 0 Å². The Labute approximate surface area is 119 Å². The number of amides is 1. The number of methoxy groups -OCH3 is 1. The third-order valence-corrected chi connectivity index (χ3v) is 3.68. The number of likely N-dealkylation sites (tertiary alicyclic amines) is 1. The quantitative estimate of drug-likeness (QED) is 0.732. The first-order chi connectivity index (χ1) is 9.28. The largest absolute Gasteiger partial charge is 0.469 e. The average Bonchev–Trinajstić information content (AvgIpc) is 2.34. The average molecular weight is 284 g/mol. The number of hydrogen-bond acceptors (Lipinski definition) is 5. The lowest BCUT2D eigenvalue weighted by Crippen LogP contribution is -2.62. The number of rotatable bonds is 1. The number of carbonyl (C=O) groups excluding carboxylic acids is 2. The second-order valence-corrected chi connectivity index (χ2v) is 6.64. The van der Waals surface area contributed by atoms with Gasteiger partial charge >= 0.3 is 12.1 Å². The molecular formula is C14H24N2O4. The van der Waals surface area contributed by atoms with Crippen LogP contribution in [0.3, 0.4) is 0 Å². The van der Waals surface area contributed by atoms with Crippen molar-refractivity contribution in [3.63, 3.8) is 0 Å². The number of piperidine rings is 1. The Bertz CT molecular complexity index is 377. The van der Waals surface area contributed by atoms with Gasteiger partial charge in [0.2, 0.25) is 0 Å². The molecule has 2 heterocycles. The van der Waals surface area contributed by atoms with Crippen LogP contribution >= 0.6 is 0 Å². The first-order valence-corrected chi connectivity index (χ1v) is 7.10. The molecule has 0 saturated carbocycles. The number of ether oxygens (including phenoxy) is 2. The zero-order valence-electron chi connectivity index (χ0n) is 12.6. The van der Waals surface area contributed by atoms with Crippen LogP contribution in [-0.4, -0.2) is 54.8 Å². The van der Waals surface area contributed by atoms with Crippen LogP contribution in [0.25, 0.3) is 0 Å². The summed E-state index contributed by atoms with van der Waals surface area (Å²) in [6.07, 6.45) is 1.15. The Kier molecular flexibility index (Phi) is 4.22. The molecule has 1 amide bonds. The van der Waals surface area contributed by atoms with Crippen LogP contribution in [0.4, 0.5) is 4.79 Å².